The number of hydrogen-bond donors (Lipinski definition) is 1. The van der Waals surface area contributed by atoms with Crippen LogP contribution in [0.1, 0.15) is 11.3 Å². The smallest absolute Gasteiger partial charge is 0.411 e. The fourth-order valence-electron chi connectivity index (χ4n) is 1.94. The highest BCUT2D eigenvalue weighted by atomic mass is 32.2. The summed E-state index contributed by atoms with van der Waals surface area (Å²) < 4.78 is 64.5. The van der Waals surface area contributed by atoms with Crippen LogP contribution in [0, 0.1) is 0 Å². The summed E-state index contributed by atoms with van der Waals surface area (Å²) in [6, 6.07) is 6.94. The summed E-state index contributed by atoms with van der Waals surface area (Å²) in [7, 11) is -3.19. The number of alkyl halides is 3. The average molecular weight is 333 g/mol. The van der Waals surface area contributed by atoms with Crippen LogP contribution in [0.5, 0.6) is 0 Å². The first kappa shape index (κ1) is 16.0. The summed E-state index contributed by atoms with van der Waals surface area (Å²) >= 11 is 0. The number of hydrogen-bond acceptors (Lipinski definition) is 5. The minimum atomic E-state index is -4.89. The van der Waals surface area contributed by atoms with Gasteiger partial charge in [-0.3, -0.25) is 4.68 Å². The highest BCUT2D eigenvalue weighted by Crippen LogP contribution is 2.34. The van der Waals surface area contributed by atoms with Gasteiger partial charge in [-0.25, -0.2) is 8.42 Å². The predicted molar refractivity (Wildman–Crippen MR) is 69.5 cm³/mol. The van der Waals surface area contributed by atoms with E-state index in [1.165, 1.54) is 24.3 Å². The second kappa shape index (κ2) is 5.44. The van der Waals surface area contributed by atoms with E-state index in [2.05, 4.69) is 10.3 Å². The normalized spacial score (nSPS) is 12.9. The van der Waals surface area contributed by atoms with E-state index >= 15 is 0 Å². The van der Waals surface area contributed by atoms with Crippen LogP contribution in [0.15, 0.2) is 45.4 Å². The molecule has 0 fully saturated rings. The van der Waals surface area contributed by atoms with Gasteiger partial charge in [0.25, 0.3) is 0 Å². The molecule has 6 nitrogen and oxygen atoms in total. The van der Waals surface area contributed by atoms with Gasteiger partial charge in [0.2, 0.25) is 9.84 Å². The molecule has 118 valence electrons. The molecule has 0 spiro atoms. The molecule has 2 aromatic rings. The molecule has 0 unspecified atom stereocenters. The molecular formula is C12H10F3N3O3S. The van der Waals surface area contributed by atoms with Crippen molar-refractivity contribution >= 4 is 16.1 Å². The van der Waals surface area contributed by atoms with Gasteiger partial charge in [0, 0.05) is 7.05 Å². The monoisotopic (exact) mass is 333 g/mol. The van der Waals surface area contributed by atoms with Crippen molar-refractivity contribution in [1.82, 2.24) is 9.78 Å². The Morgan fingerprint density at radius 1 is 1.27 bits per heavy atom. The van der Waals surface area contributed by atoms with Gasteiger partial charge in [-0.1, -0.05) is 23.4 Å². The Hall–Kier alpha value is -2.36. The third kappa shape index (κ3) is 2.69. The van der Waals surface area contributed by atoms with Crippen LogP contribution in [0.2, 0.25) is 0 Å². The van der Waals surface area contributed by atoms with E-state index in [1.54, 1.807) is 6.07 Å². The molecule has 0 saturated carbocycles. The van der Waals surface area contributed by atoms with E-state index in [-0.39, 0.29) is 4.90 Å². The highest BCUT2D eigenvalue weighted by Gasteiger charge is 2.41. The van der Waals surface area contributed by atoms with Crippen LogP contribution in [-0.4, -0.2) is 29.6 Å². The topological polar surface area (TPSA) is 84.5 Å². The number of rotatable bonds is 3. The van der Waals surface area contributed by atoms with Crippen LogP contribution < -0.4 is 0 Å². The fourth-order valence-corrected chi connectivity index (χ4v) is 3.50. The van der Waals surface area contributed by atoms with E-state index < -0.39 is 32.3 Å². The Morgan fingerprint density at radius 2 is 1.86 bits per heavy atom. The molecule has 1 aromatic heterocycles. The number of sulfone groups is 1. The SMILES string of the molecule is Cn1nc(C(F)(F)F)c(/C=N/O)c1S(=O)(=O)c1ccccc1. The standard InChI is InChI=1S/C12H10F3N3O3S/c1-18-11(22(20,21)8-5-3-2-4-6-8)9(7-16-19)10(17-18)12(13,14)15/h2-7,19H,1H3/b16-7+. The molecule has 0 aliphatic rings. The highest BCUT2D eigenvalue weighted by molar-refractivity contribution is 7.91. The van der Waals surface area contributed by atoms with Gasteiger partial charge in [-0.05, 0) is 12.1 Å². The number of benzene rings is 1. The molecule has 0 amide bonds. The van der Waals surface area contributed by atoms with Crippen molar-refractivity contribution in [2.45, 2.75) is 16.1 Å². The first-order valence-corrected chi connectivity index (χ1v) is 7.29. The van der Waals surface area contributed by atoms with Gasteiger partial charge >= 0.3 is 6.18 Å². The lowest BCUT2D eigenvalue weighted by Crippen LogP contribution is -2.11. The number of oxime groups is 1. The van der Waals surface area contributed by atoms with E-state index in [0.29, 0.717) is 10.9 Å². The Balaban J connectivity index is 2.79. The summed E-state index contributed by atoms with van der Waals surface area (Å²) in [5.74, 6) is 0. The van der Waals surface area contributed by atoms with Crippen molar-refractivity contribution in [1.29, 1.82) is 0 Å². The third-order valence-electron chi connectivity index (χ3n) is 2.79. The maximum absolute atomic E-state index is 12.9. The van der Waals surface area contributed by atoms with Crippen molar-refractivity contribution in [3.63, 3.8) is 0 Å². The van der Waals surface area contributed by atoms with Crippen molar-refractivity contribution in [2.24, 2.45) is 12.2 Å². The van der Waals surface area contributed by atoms with E-state index in [9.17, 15) is 21.6 Å². The van der Waals surface area contributed by atoms with Crippen LogP contribution in [0.25, 0.3) is 0 Å². The van der Waals surface area contributed by atoms with Crippen LogP contribution in [0.4, 0.5) is 13.2 Å². The zero-order chi connectivity index (χ0) is 16.5. The van der Waals surface area contributed by atoms with Crippen LogP contribution in [0.3, 0.4) is 0 Å². The van der Waals surface area contributed by atoms with Crippen LogP contribution in [-0.2, 0) is 23.1 Å². The second-order valence-electron chi connectivity index (χ2n) is 4.25. The lowest BCUT2D eigenvalue weighted by Gasteiger charge is -2.06. The van der Waals surface area contributed by atoms with Gasteiger partial charge in [-0.2, -0.15) is 18.3 Å². The fraction of sp³-hybridized carbons (Fsp3) is 0.167. The summed E-state index contributed by atoms with van der Waals surface area (Å²) in [5, 5.41) is 13.6. The minimum absolute atomic E-state index is 0.195. The predicted octanol–water partition coefficient (Wildman–Crippen LogP) is 2.08. The molecule has 0 saturated heterocycles. The second-order valence-corrected chi connectivity index (χ2v) is 6.11. The van der Waals surface area contributed by atoms with Gasteiger partial charge in [-0.15, -0.1) is 0 Å². The number of nitrogens with zero attached hydrogens (tertiary/aromatic N) is 3. The van der Waals surface area contributed by atoms with E-state index in [1.807, 2.05) is 0 Å². The molecule has 0 bridgehead atoms. The number of aryl methyl sites for hydroxylation is 1. The first-order valence-electron chi connectivity index (χ1n) is 5.81. The van der Waals surface area contributed by atoms with Crippen molar-refractivity contribution < 1.29 is 26.8 Å². The average Bonchev–Trinajstić information content (AvgIpc) is 2.77. The molecule has 0 aliphatic heterocycles. The maximum atomic E-state index is 12.9. The molecule has 2 rings (SSSR count). The molecule has 1 N–H and O–H groups in total. The molecule has 1 aromatic carbocycles. The quantitative estimate of drug-likeness (QED) is 0.529. The van der Waals surface area contributed by atoms with Gasteiger partial charge in [0.1, 0.15) is 0 Å². The van der Waals surface area contributed by atoms with Crippen molar-refractivity contribution in [3.05, 3.63) is 41.6 Å². The third-order valence-corrected chi connectivity index (χ3v) is 4.68. The summed E-state index contributed by atoms with van der Waals surface area (Å²) in [6.07, 6.45) is -4.48. The lowest BCUT2D eigenvalue weighted by atomic mass is 10.2. The lowest BCUT2D eigenvalue weighted by molar-refractivity contribution is -0.141. The summed E-state index contributed by atoms with van der Waals surface area (Å²) in [4.78, 5) is -0.195. The molecule has 0 aliphatic carbocycles. The van der Waals surface area contributed by atoms with E-state index in [0.717, 1.165) is 7.05 Å². The molecule has 0 radical (unpaired) electrons. The zero-order valence-corrected chi connectivity index (χ0v) is 11.9. The van der Waals surface area contributed by atoms with Gasteiger partial charge in [0.05, 0.1) is 16.7 Å². The zero-order valence-electron chi connectivity index (χ0n) is 11.1. The first-order chi connectivity index (χ1) is 10.2. The Morgan fingerprint density at radius 3 is 2.36 bits per heavy atom. The minimum Gasteiger partial charge on any atom is -0.411 e. The van der Waals surface area contributed by atoms with Crippen molar-refractivity contribution in [3.8, 4) is 0 Å². The summed E-state index contributed by atoms with van der Waals surface area (Å²) in [5.41, 5.74) is -2.26. The van der Waals surface area contributed by atoms with Gasteiger partial charge in [0.15, 0.2) is 10.7 Å². The molecule has 22 heavy (non-hydrogen) atoms. The molecule has 1 heterocycles. The van der Waals surface area contributed by atoms with Crippen molar-refractivity contribution in [2.75, 3.05) is 0 Å². The number of halogens is 3. The Bertz CT molecular complexity index is 811. The Labute approximate surface area is 123 Å². The largest absolute Gasteiger partial charge is 0.435 e. The maximum Gasteiger partial charge on any atom is 0.435 e. The molecule has 0 atom stereocenters. The number of aromatic nitrogens is 2. The Kier molecular flexibility index (Phi) is 3.96. The molecule has 10 heteroatoms. The van der Waals surface area contributed by atoms with E-state index in [4.69, 9.17) is 5.21 Å². The summed E-state index contributed by atoms with van der Waals surface area (Å²) in [6.45, 7) is 0. The van der Waals surface area contributed by atoms with Crippen LogP contribution >= 0.6 is 0 Å². The van der Waals surface area contributed by atoms with Gasteiger partial charge < -0.3 is 5.21 Å². The molecular weight excluding hydrogens is 323 g/mol.